The van der Waals surface area contributed by atoms with Gasteiger partial charge in [0.05, 0.1) is 19.2 Å². The molecule has 1 aromatic heterocycles. The van der Waals surface area contributed by atoms with Crippen LogP contribution in [-0.2, 0) is 0 Å². The van der Waals surface area contributed by atoms with Gasteiger partial charge in [0.2, 0.25) is 5.95 Å². The van der Waals surface area contributed by atoms with E-state index in [1.165, 1.54) is 6.33 Å². The Labute approximate surface area is 187 Å². The molecule has 1 aliphatic heterocycles. The molecular formula is C26H24N4O2. The van der Waals surface area contributed by atoms with Crippen LogP contribution in [0, 0.1) is 6.92 Å². The number of amides is 1. The monoisotopic (exact) mass is 424 g/mol. The first kappa shape index (κ1) is 20.0. The molecule has 1 amide bonds. The topological polar surface area (TPSA) is 60.2 Å². The predicted octanol–water partition coefficient (Wildman–Crippen LogP) is 4.98. The Morgan fingerprint density at radius 1 is 0.969 bits per heavy atom. The maximum atomic E-state index is 13.8. The molecule has 0 unspecified atom stereocenters. The molecule has 2 atom stereocenters. The molecule has 32 heavy (non-hydrogen) atoms. The van der Waals surface area contributed by atoms with E-state index in [0.717, 1.165) is 22.4 Å². The van der Waals surface area contributed by atoms with E-state index in [9.17, 15) is 4.79 Å². The van der Waals surface area contributed by atoms with Crippen LogP contribution in [0.2, 0.25) is 0 Å². The van der Waals surface area contributed by atoms with Gasteiger partial charge in [-0.25, -0.2) is 4.68 Å². The molecule has 0 bridgehead atoms. The molecule has 0 spiro atoms. The van der Waals surface area contributed by atoms with Crippen molar-refractivity contribution < 1.29 is 9.53 Å². The number of hydrogen-bond donors (Lipinski definition) is 0. The zero-order valence-electron chi connectivity index (χ0n) is 18.1. The van der Waals surface area contributed by atoms with Gasteiger partial charge in [0.25, 0.3) is 5.91 Å². The van der Waals surface area contributed by atoms with Crippen molar-refractivity contribution >= 4 is 11.9 Å². The second kappa shape index (κ2) is 8.30. The number of fused-ring (bicyclic) bond motifs is 1. The van der Waals surface area contributed by atoms with Crippen LogP contribution in [0.5, 0.6) is 5.75 Å². The van der Waals surface area contributed by atoms with E-state index in [2.05, 4.69) is 28.3 Å². The minimum Gasteiger partial charge on any atom is -0.496 e. The molecule has 0 radical (unpaired) electrons. The van der Waals surface area contributed by atoms with Crippen LogP contribution in [-0.4, -0.2) is 27.8 Å². The van der Waals surface area contributed by atoms with Crippen molar-refractivity contribution in [1.82, 2.24) is 14.8 Å². The molecule has 0 fully saturated rings. The highest BCUT2D eigenvalue weighted by Gasteiger charge is 2.40. The van der Waals surface area contributed by atoms with Gasteiger partial charge in [-0.15, -0.1) is 0 Å². The Morgan fingerprint density at radius 2 is 1.75 bits per heavy atom. The number of rotatable bonds is 4. The predicted molar refractivity (Wildman–Crippen MR) is 123 cm³/mol. The number of aryl methyl sites for hydroxylation is 1. The molecule has 0 N–H and O–H groups in total. The smallest absolute Gasteiger partial charge is 0.261 e. The molecule has 4 aromatic rings. The standard InChI is InChI=1S/C26H24N4O2/c1-18-9-8-12-20(15-18)25(31)29-22(19-10-4-3-5-11-19)16-23(30-26(29)27-17-28-30)21-13-6-7-14-24(21)32-2/h3-15,17,22-23H,16H2,1-2H3/t22-,23+/m1/s1. The first-order valence-corrected chi connectivity index (χ1v) is 10.6. The van der Waals surface area contributed by atoms with Crippen LogP contribution in [0.4, 0.5) is 5.95 Å². The van der Waals surface area contributed by atoms with Crippen molar-refractivity contribution in [2.24, 2.45) is 0 Å². The Morgan fingerprint density at radius 3 is 2.53 bits per heavy atom. The van der Waals surface area contributed by atoms with Crippen molar-refractivity contribution in [2.45, 2.75) is 25.4 Å². The number of para-hydroxylation sites is 1. The highest BCUT2D eigenvalue weighted by Crippen LogP contribution is 2.44. The van der Waals surface area contributed by atoms with E-state index in [1.54, 1.807) is 12.0 Å². The van der Waals surface area contributed by atoms with Gasteiger partial charge in [0.15, 0.2) is 0 Å². The number of carbonyl (C=O) groups excluding carboxylic acids is 1. The molecule has 6 nitrogen and oxygen atoms in total. The van der Waals surface area contributed by atoms with Crippen LogP contribution in [0.3, 0.4) is 0 Å². The van der Waals surface area contributed by atoms with Crippen LogP contribution >= 0.6 is 0 Å². The van der Waals surface area contributed by atoms with Gasteiger partial charge in [0.1, 0.15) is 12.1 Å². The summed E-state index contributed by atoms with van der Waals surface area (Å²) in [6.07, 6.45) is 2.17. The van der Waals surface area contributed by atoms with Crippen molar-refractivity contribution in [3.05, 3.63) is 107 Å². The Balaban J connectivity index is 1.67. The fraction of sp³-hybridized carbons (Fsp3) is 0.192. The summed E-state index contributed by atoms with van der Waals surface area (Å²) in [4.78, 5) is 20.1. The minimum absolute atomic E-state index is 0.0877. The van der Waals surface area contributed by atoms with E-state index < -0.39 is 0 Å². The average Bonchev–Trinajstić information content (AvgIpc) is 3.33. The van der Waals surface area contributed by atoms with Gasteiger partial charge >= 0.3 is 0 Å². The van der Waals surface area contributed by atoms with Crippen LogP contribution in [0.25, 0.3) is 0 Å². The third-order valence-electron chi connectivity index (χ3n) is 5.99. The summed E-state index contributed by atoms with van der Waals surface area (Å²) >= 11 is 0. The summed E-state index contributed by atoms with van der Waals surface area (Å²) in [6.45, 7) is 1.99. The lowest BCUT2D eigenvalue weighted by molar-refractivity contribution is 0.0963. The molecule has 1 aliphatic rings. The number of nitrogens with zero attached hydrogens (tertiary/aromatic N) is 4. The Kier molecular flexibility index (Phi) is 5.19. The lowest BCUT2D eigenvalue weighted by Gasteiger charge is -2.39. The summed E-state index contributed by atoms with van der Waals surface area (Å²) in [6, 6.07) is 25.4. The normalized spacial score (nSPS) is 17.6. The second-order valence-electron chi connectivity index (χ2n) is 7.97. The van der Waals surface area contributed by atoms with Crippen LogP contribution < -0.4 is 9.64 Å². The number of ether oxygens (including phenoxy) is 1. The van der Waals surface area contributed by atoms with E-state index in [0.29, 0.717) is 17.9 Å². The third-order valence-corrected chi connectivity index (χ3v) is 5.99. The van der Waals surface area contributed by atoms with E-state index in [1.807, 2.05) is 72.3 Å². The molecule has 3 aromatic carbocycles. The second-order valence-corrected chi connectivity index (χ2v) is 7.97. The van der Waals surface area contributed by atoms with Gasteiger partial charge in [-0.05, 0) is 37.1 Å². The molecule has 0 saturated carbocycles. The van der Waals surface area contributed by atoms with Crippen LogP contribution in [0.1, 0.15) is 45.6 Å². The highest BCUT2D eigenvalue weighted by molar-refractivity contribution is 6.06. The van der Waals surface area contributed by atoms with Crippen LogP contribution in [0.15, 0.2) is 85.2 Å². The first-order chi connectivity index (χ1) is 15.7. The molecule has 0 saturated heterocycles. The summed E-state index contributed by atoms with van der Waals surface area (Å²) in [5.41, 5.74) is 3.75. The van der Waals surface area contributed by atoms with E-state index >= 15 is 0 Å². The van der Waals surface area contributed by atoms with Gasteiger partial charge in [-0.3, -0.25) is 9.69 Å². The molecule has 0 aliphatic carbocycles. The fourth-order valence-corrected chi connectivity index (χ4v) is 4.50. The summed E-state index contributed by atoms with van der Waals surface area (Å²) < 4.78 is 7.48. The fourth-order valence-electron chi connectivity index (χ4n) is 4.50. The molecule has 2 heterocycles. The maximum absolute atomic E-state index is 13.8. The highest BCUT2D eigenvalue weighted by atomic mass is 16.5. The third kappa shape index (κ3) is 3.43. The quantitative estimate of drug-likeness (QED) is 0.464. The SMILES string of the molecule is COc1ccccc1[C@@H]1C[C@H](c2ccccc2)N(C(=O)c2cccc(C)c2)c2ncnn21. The molecular weight excluding hydrogens is 400 g/mol. The molecule has 160 valence electrons. The maximum Gasteiger partial charge on any atom is 0.261 e. The number of hydrogen-bond acceptors (Lipinski definition) is 4. The van der Waals surface area contributed by atoms with Crippen molar-refractivity contribution in [3.63, 3.8) is 0 Å². The summed E-state index contributed by atoms with van der Waals surface area (Å²) in [5, 5.41) is 4.52. The van der Waals surface area contributed by atoms with Crippen molar-refractivity contribution in [3.8, 4) is 5.75 Å². The van der Waals surface area contributed by atoms with Gasteiger partial charge < -0.3 is 4.74 Å². The van der Waals surface area contributed by atoms with Crippen molar-refractivity contribution in [1.29, 1.82) is 0 Å². The zero-order chi connectivity index (χ0) is 22.1. The average molecular weight is 425 g/mol. The number of methoxy groups -OCH3 is 1. The van der Waals surface area contributed by atoms with Gasteiger partial charge in [-0.2, -0.15) is 10.1 Å². The summed E-state index contributed by atoms with van der Waals surface area (Å²) in [5.74, 6) is 1.24. The number of benzene rings is 3. The molecule has 5 rings (SSSR count). The van der Waals surface area contributed by atoms with Crippen molar-refractivity contribution in [2.75, 3.05) is 12.0 Å². The largest absolute Gasteiger partial charge is 0.496 e. The first-order valence-electron chi connectivity index (χ1n) is 10.6. The van der Waals surface area contributed by atoms with E-state index in [4.69, 9.17) is 4.74 Å². The number of anilines is 1. The Bertz CT molecular complexity index is 1250. The molecule has 6 heteroatoms. The van der Waals surface area contributed by atoms with E-state index in [-0.39, 0.29) is 18.0 Å². The number of aromatic nitrogens is 3. The number of carbonyl (C=O) groups is 1. The van der Waals surface area contributed by atoms with Gasteiger partial charge in [0, 0.05) is 11.1 Å². The Hall–Kier alpha value is -3.93. The lowest BCUT2D eigenvalue weighted by atomic mass is 9.91. The zero-order valence-corrected chi connectivity index (χ0v) is 18.1. The summed E-state index contributed by atoms with van der Waals surface area (Å²) in [7, 11) is 1.67. The lowest BCUT2D eigenvalue weighted by Crippen LogP contribution is -2.42. The van der Waals surface area contributed by atoms with Gasteiger partial charge in [-0.1, -0.05) is 66.2 Å². The minimum atomic E-state index is -0.198.